The predicted octanol–water partition coefficient (Wildman–Crippen LogP) is 2.00. The minimum atomic E-state index is -0.402. The van der Waals surface area contributed by atoms with Gasteiger partial charge in [0.15, 0.2) is 11.5 Å². The predicted molar refractivity (Wildman–Crippen MR) is 54.8 cm³/mol. The van der Waals surface area contributed by atoms with Crippen molar-refractivity contribution in [2.75, 3.05) is 7.11 Å². The van der Waals surface area contributed by atoms with E-state index in [1.54, 1.807) is 6.07 Å². The van der Waals surface area contributed by atoms with E-state index in [1.807, 2.05) is 0 Å². The fraction of sp³-hybridized carbons (Fsp3) is 0.400. The average Bonchev–Trinajstić information content (AvgIpc) is 2.88. The summed E-state index contributed by atoms with van der Waals surface area (Å²) in [6.07, 6.45) is 1.76. The average molecular weight is 214 g/mol. The Bertz CT molecular complexity index is 375. The highest BCUT2D eigenvalue weighted by molar-refractivity contribution is 6.31. The zero-order valence-corrected chi connectivity index (χ0v) is 8.64. The number of nitrogens with two attached hydrogens (primary N) is 1. The Kier molecular flexibility index (Phi) is 2.09. The molecule has 4 heteroatoms. The lowest BCUT2D eigenvalue weighted by molar-refractivity contribution is 0.365. The number of benzene rings is 1. The van der Waals surface area contributed by atoms with Gasteiger partial charge in [-0.2, -0.15) is 0 Å². The molecule has 3 nitrogen and oxygen atoms in total. The van der Waals surface area contributed by atoms with Crippen molar-refractivity contribution in [2.45, 2.75) is 18.4 Å². The van der Waals surface area contributed by atoms with Crippen molar-refractivity contribution in [1.82, 2.24) is 0 Å². The van der Waals surface area contributed by atoms with Gasteiger partial charge in [-0.25, -0.2) is 0 Å². The van der Waals surface area contributed by atoms with Gasteiger partial charge in [0.25, 0.3) is 0 Å². The van der Waals surface area contributed by atoms with Crippen molar-refractivity contribution >= 4 is 11.6 Å². The molecule has 1 aliphatic rings. The Morgan fingerprint density at radius 3 is 2.64 bits per heavy atom. The second-order valence-corrected chi connectivity index (χ2v) is 4.04. The van der Waals surface area contributed by atoms with Gasteiger partial charge in [-0.05, 0) is 25.0 Å². The Balaban J connectivity index is 2.60. The number of phenols is 1. The molecule has 0 amide bonds. The summed E-state index contributed by atoms with van der Waals surface area (Å²) in [6.45, 7) is 0. The van der Waals surface area contributed by atoms with Gasteiger partial charge in [-0.3, -0.25) is 0 Å². The molecule has 2 rings (SSSR count). The van der Waals surface area contributed by atoms with Crippen LogP contribution in [0.4, 0.5) is 0 Å². The Labute approximate surface area is 87.4 Å². The van der Waals surface area contributed by atoms with E-state index in [0.29, 0.717) is 10.8 Å². The summed E-state index contributed by atoms with van der Waals surface area (Å²) in [6, 6.07) is 3.15. The molecule has 0 radical (unpaired) electrons. The lowest BCUT2D eigenvalue weighted by Crippen LogP contribution is -2.20. The number of hydrogen-bond donors (Lipinski definition) is 2. The van der Waals surface area contributed by atoms with Crippen LogP contribution >= 0.6 is 11.6 Å². The van der Waals surface area contributed by atoms with Crippen molar-refractivity contribution < 1.29 is 9.84 Å². The Hall–Kier alpha value is -0.930. The molecule has 0 unspecified atom stereocenters. The first-order chi connectivity index (χ1) is 6.58. The highest BCUT2D eigenvalue weighted by Crippen LogP contribution is 2.51. The van der Waals surface area contributed by atoms with Crippen LogP contribution in [0.5, 0.6) is 11.5 Å². The fourth-order valence-corrected chi connectivity index (χ4v) is 1.94. The van der Waals surface area contributed by atoms with Crippen molar-refractivity contribution in [3.63, 3.8) is 0 Å². The lowest BCUT2D eigenvalue weighted by Gasteiger charge is -2.16. The lowest BCUT2D eigenvalue weighted by atomic mass is 10.0. The van der Waals surface area contributed by atoms with E-state index in [0.717, 1.165) is 18.4 Å². The van der Waals surface area contributed by atoms with Crippen molar-refractivity contribution in [3.05, 3.63) is 22.7 Å². The quantitative estimate of drug-likeness (QED) is 0.790. The molecule has 0 bridgehead atoms. The molecule has 1 fully saturated rings. The van der Waals surface area contributed by atoms with Crippen LogP contribution in [0, 0.1) is 0 Å². The number of rotatable bonds is 2. The van der Waals surface area contributed by atoms with Crippen LogP contribution in [-0.4, -0.2) is 12.2 Å². The summed E-state index contributed by atoms with van der Waals surface area (Å²) in [7, 11) is 1.50. The summed E-state index contributed by atoms with van der Waals surface area (Å²) >= 11 is 6.03. The minimum Gasteiger partial charge on any atom is -0.504 e. The number of ether oxygens (including phenoxy) is 1. The van der Waals surface area contributed by atoms with Crippen LogP contribution in [-0.2, 0) is 5.54 Å². The summed E-state index contributed by atoms with van der Waals surface area (Å²) in [5, 5.41) is 10.1. The molecular weight excluding hydrogens is 202 g/mol. The summed E-state index contributed by atoms with van der Waals surface area (Å²) in [5.41, 5.74) is 6.36. The van der Waals surface area contributed by atoms with Crippen LogP contribution in [0.25, 0.3) is 0 Å². The highest BCUT2D eigenvalue weighted by Gasteiger charge is 2.44. The normalized spacial score (nSPS) is 17.9. The van der Waals surface area contributed by atoms with Gasteiger partial charge in [0.2, 0.25) is 0 Å². The maximum absolute atomic E-state index is 9.57. The first-order valence-electron chi connectivity index (χ1n) is 4.43. The molecule has 0 saturated heterocycles. The molecule has 14 heavy (non-hydrogen) atoms. The van der Waals surface area contributed by atoms with Gasteiger partial charge in [-0.15, -0.1) is 0 Å². The zero-order chi connectivity index (χ0) is 10.3. The number of methoxy groups -OCH3 is 1. The molecule has 1 saturated carbocycles. The van der Waals surface area contributed by atoms with E-state index < -0.39 is 5.54 Å². The second kappa shape index (κ2) is 3.04. The minimum absolute atomic E-state index is 0.0867. The molecule has 0 aromatic heterocycles. The molecule has 1 aromatic carbocycles. The first kappa shape index (κ1) is 9.62. The molecular formula is C10H12ClNO2. The second-order valence-electron chi connectivity index (χ2n) is 3.63. The van der Waals surface area contributed by atoms with Crippen LogP contribution < -0.4 is 10.5 Å². The number of hydrogen-bond acceptors (Lipinski definition) is 3. The number of aromatic hydroxyl groups is 1. The maximum Gasteiger partial charge on any atom is 0.167 e. The van der Waals surface area contributed by atoms with E-state index in [1.165, 1.54) is 13.2 Å². The Morgan fingerprint density at radius 1 is 1.50 bits per heavy atom. The maximum atomic E-state index is 9.57. The topological polar surface area (TPSA) is 55.5 Å². The van der Waals surface area contributed by atoms with Crippen LogP contribution in [0.1, 0.15) is 18.4 Å². The number of halogens is 1. The molecule has 1 aromatic rings. The summed E-state index contributed by atoms with van der Waals surface area (Å²) in [4.78, 5) is 0. The summed E-state index contributed by atoms with van der Waals surface area (Å²) in [5.74, 6) is 0.487. The third-order valence-corrected chi connectivity index (χ3v) is 2.89. The Morgan fingerprint density at radius 2 is 2.14 bits per heavy atom. The monoisotopic (exact) mass is 213 g/mol. The molecule has 0 atom stereocenters. The summed E-state index contributed by atoms with van der Waals surface area (Å²) < 4.78 is 5.11. The third kappa shape index (κ3) is 1.33. The van der Waals surface area contributed by atoms with Crippen LogP contribution in [0.15, 0.2) is 12.1 Å². The largest absolute Gasteiger partial charge is 0.504 e. The van der Waals surface area contributed by atoms with Gasteiger partial charge in [0, 0.05) is 16.1 Å². The standard InChI is InChI=1S/C10H12ClNO2/c1-14-9-7(13)3-2-6(11)8(9)10(12)4-5-10/h2-3,13H,4-5,12H2,1H3. The van der Waals surface area contributed by atoms with E-state index in [9.17, 15) is 5.11 Å². The molecule has 0 spiro atoms. The van der Waals surface area contributed by atoms with Crippen LogP contribution in [0.3, 0.4) is 0 Å². The van der Waals surface area contributed by atoms with E-state index in [2.05, 4.69) is 0 Å². The third-order valence-electron chi connectivity index (χ3n) is 2.58. The van der Waals surface area contributed by atoms with Gasteiger partial charge >= 0.3 is 0 Å². The van der Waals surface area contributed by atoms with Gasteiger partial charge < -0.3 is 15.6 Å². The smallest absolute Gasteiger partial charge is 0.167 e. The van der Waals surface area contributed by atoms with Crippen molar-refractivity contribution in [3.8, 4) is 11.5 Å². The fourth-order valence-electron chi connectivity index (χ4n) is 1.60. The number of phenolic OH excluding ortho intramolecular Hbond substituents is 1. The van der Waals surface area contributed by atoms with Gasteiger partial charge in [0.05, 0.1) is 7.11 Å². The van der Waals surface area contributed by atoms with E-state index in [4.69, 9.17) is 22.1 Å². The molecule has 76 valence electrons. The molecule has 0 heterocycles. The van der Waals surface area contributed by atoms with E-state index >= 15 is 0 Å². The highest BCUT2D eigenvalue weighted by atomic mass is 35.5. The SMILES string of the molecule is COc1c(O)ccc(Cl)c1C1(N)CC1. The molecule has 0 aliphatic heterocycles. The van der Waals surface area contributed by atoms with Gasteiger partial charge in [0.1, 0.15) is 0 Å². The molecule has 3 N–H and O–H groups in total. The van der Waals surface area contributed by atoms with E-state index in [-0.39, 0.29) is 5.75 Å². The molecule has 1 aliphatic carbocycles. The first-order valence-corrected chi connectivity index (χ1v) is 4.81. The van der Waals surface area contributed by atoms with Crippen LogP contribution in [0.2, 0.25) is 5.02 Å². The van der Waals surface area contributed by atoms with Crippen molar-refractivity contribution in [1.29, 1.82) is 0 Å². The van der Waals surface area contributed by atoms with Gasteiger partial charge in [-0.1, -0.05) is 11.6 Å². The van der Waals surface area contributed by atoms with Crippen molar-refractivity contribution in [2.24, 2.45) is 5.73 Å². The zero-order valence-electron chi connectivity index (χ0n) is 7.88.